The smallest absolute Gasteiger partial charge is 0.255 e. The van der Waals surface area contributed by atoms with E-state index in [9.17, 15) is 4.79 Å². The summed E-state index contributed by atoms with van der Waals surface area (Å²) in [5.74, 6) is 1.27. The maximum absolute atomic E-state index is 12.9. The summed E-state index contributed by atoms with van der Waals surface area (Å²) in [5.41, 5.74) is 2.66. The van der Waals surface area contributed by atoms with E-state index in [1.54, 1.807) is 6.20 Å². The quantitative estimate of drug-likeness (QED) is 0.549. The van der Waals surface area contributed by atoms with Gasteiger partial charge in [-0.3, -0.25) is 9.20 Å². The molecule has 0 N–H and O–H groups in total. The summed E-state index contributed by atoms with van der Waals surface area (Å²) in [6, 6.07) is 19.3. The van der Waals surface area contributed by atoms with Crippen LogP contribution in [-0.4, -0.2) is 36.9 Å². The van der Waals surface area contributed by atoms with Crippen LogP contribution in [0.1, 0.15) is 22.8 Å². The van der Waals surface area contributed by atoms with Crippen molar-refractivity contribution in [2.75, 3.05) is 6.54 Å². The van der Waals surface area contributed by atoms with Gasteiger partial charge < -0.3 is 4.90 Å². The van der Waals surface area contributed by atoms with E-state index in [1.807, 2.05) is 83.1 Å². The minimum atomic E-state index is 0.0145. The molecule has 0 aliphatic heterocycles. The van der Waals surface area contributed by atoms with Crippen molar-refractivity contribution >= 4 is 11.7 Å². The fourth-order valence-electron chi connectivity index (χ4n) is 3.01. The Kier molecular flexibility index (Phi) is 4.61. The maximum Gasteiger partial charge on any atom is 0.255 e. The molecule has 0 saturated carbocycles. The summed E-state index contributed by atoms with van der Waals surface area (Å²) < 4.78 is 1.82. The van der Waals surface area contributed by atoms with E-state index < -0.39 is 0 Å². The van der Waals surface area contributed by atoms with Crippen LogP contribution in [-0.2, 0) is 6.54 Å². The molecule has 0 aliphatic carbocycles. The highest BCUT2D eigenvalue weighted by Crippen LogP contribution is 2.19. The fraction of sp³-hybridized carbons (Fsp3) is 0.143. The highest BCUT2D eigenvalue weighted by Gasteiger charge is 2.15. The molecule has 6 nitrogen and oxygen atoms in total. The van der Waals surface area contributed by atoms with Crippen molar-refractivity contribution in [3.05, 3.63) is 84.2 Å². The lowest BCUT2D eigenvalue weighted by Crippen LogP contribution is -2.30. The summed E-state index contributed by atoms with van der Waals surface area (Å²) in [5, 5.41) is 8.27. The number of hydrogen-bond acceptors (Lipinski definition) is 4. The topological polar surface area (TPSA) is 63.4 Å². The molecule has 27 heavy (non-hydrogen) atoms. The molecule has 0 saturated heterocycles. The minimum Gasteiger partial charge on any atom is -0.335 e. The van der Waals surface area contributed by atoms with E-state index in [-0.39, 0.29) is 5.91 Å². The second-order valence-electron chi connectivity index (χ2n) is 6.20. The Morgan fingerprint density at radius 1 is 1.00 bits per heavy atom. The summed E-state index contributed by atoms with van der Waals surface area (Å²) in [4.78, 5) is 18.9. The van der Waals surface area contributed by atoms with Crippen LogP contribution in [0.5, 0.6) is 0 Å². The maximum atomic E-state index is 12.9. The number of nitrogens with zero attached hydrogens (tertiary/aromatic N) is 5. The Hall–Kier alpha value is -3.54. The zero-order valence-corrected chi connectivity index (χ0v) is 15.0. The van der Waals surface area contributed by atoms with Gasteiger partial charge in [-0.25, -0.2) is 4.98 Å². The van der Waals surface area contributed by atoms with Crippen molar-refractivity contribution in [2.45, 2.75) is 13.5 Å². The first kappa shape index (κ1) is 16.9. The lowest BCUT2D eigenvalue weighted by molar-refractivity contribution is 0.0752. The van der Waals surface area contributed by atoms with Gasteiger partial charge in [-0.15, -0.1) is 10.2 Å². The highest BCUT2D eigenvalue weighted by atomic mass is 16.2. The lowest BCUT2D eigenvalue weighted by Gasteiger charge is -2.21. The van der Waals surface area contributed by atoms with Crippen LogP contribution in [0.3, 0.4) is 0 Å². The van der Waals surface area contributed by atoms with Gasteiger partial charge in [0.1, 0.15) is 0 Å². The van der Waals surface area contributed by atoms with Crippen LogP contribution in [0.2, 0.25) is 0 Å². The number of aromatic nitrogens is 4. The zero-order valence-electron chi connectivity index (χ0n) is 15.0. The Balaban J connectivity index is 1.56. The van der Waals surface area contributed by atoms with Crippen molar-refractivity contribution in [3.8, 4) is 11.4 Å². The first-order valence-electron chi connectivity index (χ1n) is 8.85. The van der Waals surface area contributed by atoms with E-state index in [0.717, 1.165) is 11.1 Å². The molecule has 0 fully saturated rings. The normalized spacial score (nSPS) is 10.9. The summed E-state index contributed by atoms with van der Waals surface area (Å²) in [6.45, 7) is 3.24. The van der Waals surface area contributed by atoms with Gasteiger partial charge >= 0.3 is 0 Å². The van der Waals surface area contributed by atoms with Gasteiger partial charge in [0.25, 0.3) is 11.7 Å². The summed E-state index contributed by atoms with van der Waals surface area (Å²) in [6.07, 6.45) is 3.55. The van der Waals surface area contributed by atoms with E-state index in [0.29, 0.717) is 30.3 Å². The molecular weight excluding hydrogens is 338 g/mol. The molecule has 0 bridgehead atoms. The Morgan fingerprint density at radius 3 is 2.52 bits per heavy atom. The summed E-state index contributed by atoms with van der Waals surface area (Å²) in [7, 11) is 0. The van der Waals surface area contributed by atoms with Crippen molar-refractivity contribution in [2.24, 2.45) is 0 Å². The van der Waals surface area contributed by atoms with Crippen molar-refractivity contribution < 1.29 is 4.79 Å². The minimum absolute atomic E-state index is 0.0145. The Morgan fingerprint density at radius 2 is 1.78 bits per heavy atom. The molecule has 0 spiro atoms. The number of amides is 1. The van der Waals surface area contributed by atoms with Gasteiger partial charge in [0.05, 0.1) is 0 Å². The van der Waals surface area contributed by atoms with Gasteiger partial charge in [-0.2, -0.15) is 0 Å². The Bertz CT molecular complexity index is 1060. The molecule has 0 radical (unpaired) electrons. The molecule has 0 aliphatic rings. The predicted octanol–water partition coefficient (Wildman–Crippen LogP) is 3.45. The van der Waals surface area contributed by atoms with E-state index >= 15 is 0 Å². The standard InChI is InChI=1S/C21H19N5O/c1-2-25(15-16-7-4-3-5-8-16)20(27)18-11-9-17(10-12-18)19-23-24-21-22-13-6-14-26(19)21/h3-14H,2,15H2,1H3. The van der Waals surface area contributed by atoms with Crippen molar-refractivity contribution in [1.82, 2.24) is 24.5 Å². The second kappa shape index (κ2) is 7.37. The predicted molar refractivity (Wildman–Crippen MR) is 103 cm³/mol. The lowest BCUT2D eigenvalue weighted by atomic mass is 10.1. The van der Waals surface area contributed by atoms with E-state index in [2.05, 4.69) is 15.2 Å². The fourth-order valence-corrected chi connectivity index (χ4v) is 3.01. The third-order valence-corrected chi connectivity index (χ3v) is 4.46. The molecule has 2 aromatic heterocycles. The monoisotopic (exact) mass is 357 g/mol. The zero-order chi connectivity index (χ0) is 18.6. The van der Waals surface area contributed by atoms with Crippen LogP contribution in [0, 0.1) is 0 Å². The van der Waals surface area contributed by atoms with Crippen molar-refractivity contribution in [3.63, 3.8) is 0 Å². The number of rotatable bonds is 5. The van der Waals surface area contributed by atoms with Crippen LogP contribution < -0.4 is 0 Å². The number of hydrogen-bond donors (Lipinski definition) is 0. The number of fused-ring (bicyclic) bond motifs is 1. The molecule has 2 heterocycles. The van der Waals surface area contributed by atoms with Crippen LogP contribution in [0.15, 0.2) is 73.1 Å². The van der Waals surface area contributed by atoms with Gasteiger partial charge in [0.15, 0.2) is 5.82 Å². The average Bonchev–Trinajstić information content (AvgIpc) is 3.16. The van der Waals surface area contributed by atoms with Crippen LogP contribution in [0.4, 0.5) is 0 Å². The molecule has 2 aromatic carbocycles. The molecule has 0 atom stereocenters. The third-order valence-electron chi connectivity index (χ3n) is 4.46. The highest BCUT2D eigenvalue weighted by molar-refractivity contribution is 5.94. The number of benzene rings is 2. The first-order valence-corrected chi connectivity index (χ1v) is 8.85. The number of carbonyl (C=O) groups excluding carboxylic acids is 1. The summed E-state index contributed by atoms with van der Waals surface area (Å²) >= 11 is 0. The molecule has 0 unspecified atom stereocenters. The molecule has 6 heteroatoms. The molecule has 4 aromatic rings. The molecule has 1 amide bonds. The second-order valence-corrected chi connectivity index (χ2v) is 6.20. The van der Waals surface area contributed by atoms with Gasteiger partial charge in [-0.1, -0.05) is 42.5 Å². The molecular formula is C21H19N5O. The van der Waals surface area contributed by atoms with Gasteiger partial charge in [0.2, 0.25) is 0 Å². The molecule has 4 rings (SSSR count). The largest absolute Gasteiger partial charge is 0.335 e. The van der Waals surface area contributed by atoms with E-state index in [1.165, 1.54) is 0 Å². The average molecular weight is 357 g/mol. The first-order chi connectivity index (χ1) is 13.3. The third kappa shape index (κ3) is 3.42. The van der Waals surface area contributed by atoms with E-state index in [4.69, 9.17) is 0 Å². The van der Waals surface area contributed by atoms with Crippen LogP contribution in [0.25, 0.3) is 17.2 Å². The Labute approximate surface area is 157 Å². The van der Waals surface area contributed by atoms with Gasteiger partial charge in [0, 0.05) is 36.6 Å². The number of carbonyl (C=O) groups is 1. The van der Waals surface area contributed by atoms with Crippen molar-refractivity contribution in [1.29, 1.82) is 0 Å². The molecule has 134 valence electrons. The van der Waals surface area contributed by atoms with Gasteiger partial charge in [-0.05, 0) is 30.7 Å². The SMILES string of the molecule is CCN(Cc1ccccc1)C(=O)c1ccc(-c2nnc3ncccn23)cc1. The van der Waals surface area contributed by atoms with Crippen LogP contribution >= 0.6 is 0 Å².